The minimum absolute atomic E-state index is 0.0488. The van der Waals surface area contributed by atoms with Gasteiger partial charge in [-0.15, -0.1) is 0 Å². The largest absolute Gasteiger partial charge is 0.491 e. The summed E-state index contributed by atoms with van der Waals surface area (Å²) in [5, 5.41) is 7.72. The number of carbonyl (C=O) groups is 2. The van der Waals surface area contributed by atoms with Crippen molar-refractivity contribution in [3.63, 3.8) is 0 Å². The van der Waals surface area contributed by atoms with Crippen LogP contribution in [-0.2, 0) is 4.79 Å². The molecule has 1 atom stereocenters. The second kappa shape index (κ2) is 9.75. The van der Waals surface area contributed by atoms with Gasteiger partial charge in [-0.3, -0.25) is 4.79 Å². The quantitative estimate of drug-likeness (QED) is 0.681. The number of hydrogen-bond donors (Lipinski definition) is 3. The molecule has 24 heavy (non-hydrogen) atoms. The summed E-state index contributed by atoms with van der Waals surface area (Å²) in [5.74, 6) is -0.320. The highest BCUT2D eigenvalue weighted by atomic mass is 19.1. The molecule has 7 heteroatoms. The van der Waals surface area contributed by atoms with Crippen LogP contribution in [0.25, 0.3) is 0 Å². The van der Waals surface area contributed by atoms with Gasteiger partial charge < -0.3 is 20.7 Å². The van der Waals surface area contributed by atoms with Crippen LogP contribution in [0.2, 0.25) is 0 Å². The Balaban J connectivity index is 2.41. The molecule has 0 saturated heterocycles. The van der Waals surface area contributed by atoms with Gasteiger partial charge in [-0.1, -0.05) is 6.92 Å². The Labute approximate surface area is 142 Å². The van der Waals surface area contributed by atoms with E-state index in [1.165, 1.54) is 12.1 Å². The maximum absolute atomic E-state index is 13.9. The maximum Gasteiger partial charge on any atom is 0.319 e. The molecule has 0 aromatic heterocycles. The topological polar surface area (TPSA) is 79.5 Å². The fraction of sp³-hybridized carbons (Fsp3) is 0.529. The second-order valence-electron chi connectivity index (χ2n) is 5.82. The third-order valence-electron chi connectivity index (χ3n) is 3.22. The number of ether oxygens (including phenoxy) is 1. The Bertz CT molecular complexity index is 564. The first kappa shape index (κ1) is 19.7. The van der Waals surface area contributed by atoms with Crippen molar-refractivity contribution >= 4 is 17.6 Å². The van der Waals surface area contributed by atoms with Crippen molar-refractivity contribution in [1.82, 2.24) is 10.6 Å². The molecule has 0 radical (unpaired) electrons. The van der Waals surface area contributed by atoms with E-state index in [1.807, 2.05) is 27.7 Å². The van der Waals surface area contributed by atoms with Crippen molar-refractivity contribution in [2.45, 2.75) is 52.7 Å². The average Bonchev–Trinajstić information content (AvgIpc) is 2.49. The monoisotopic (exact) mass is 339 g/mol. The van der Waals surface area contributed by atoms with Crippen molar-refractivity contribution in [3.8, 4) is 5.75 Å². The van der Waals surface area contributed by atoms with E-state index in [4.69, 9.17) is 4.74 Å². The predicted octanol–water partition coefficient (Wildman–Crippen LogP) is 3.04. The highest BCUT2D eigenvalue weighted by molar-refractivity contribution is 5.89. The molecule has 1 aromatic rings. The van der Waals surface area contributed by atoms with Gasteiger partial charge in [0.1, 0.15) is 11.6 Å². The first-order chi connectivity index (χ1) is 11.3. The zero-order valence-corrected chi connectivity index (χ0v) is 14.6. The number of benzene rings is 1. The summed E-state index contributed by atoms with van der Waals surface area (Å²) < 4.78 is 19.3. The van der Waals surface area contributed by atoms with Crippen LogP contribution < -0.4 is 20.7 Å². The van der Waals surface area contributed by atoms with Gasteiger partial charge in [-0.25, -0.2) is 9.18 Å². The summed E-state index contributed by atoms with van der Waals surface area (Å²) in [6, 6.07) is 3.77. The minimum Gasteiger partial charge on any atom is -0.491 e. The van der Waals surface area contributed by atoms with Crippen LogP contribution in [0.15, 0.2) is 18.2 Å². The SMILES string of the molecule is CCC(C)NC(=O)CCNC(=O)Nc1ccc(OC(C)C)cc1F. The first-order valence-corrected chi connectivity index (χ1v) is 8.12. The van der Waals surface area contributed by atoms with E-state index in [-0.39, 0.29) is 36.7 Å². The third kappa shape index (κ3) is 7.30. The molecule has 0 aliphatic carbocycles. The van der Waals surface area contributed by atoms with Crippen molar-refractivity contribution in [1.29, 1.82) is 0 Å². The molecule has 1 unspecified atom stereocenters. The zero-order valence-electron chi connectivity index (χ0n) is 14.6. The van der Waals surface area contributed by atoms with Crippen molar-refractivity contribution in [3.05, 3.63) is 24.0 Å². The van der Waals surface area contributed by atoms with Gasteiger partial charge in [0.2, 0.25) is 5.91 Å². The number of hydrogen-bond acceptors (Lipinski definition) is 3. The number of nitrogens with one attached hydrogen (secondary N) is 3. The van der Waals surface area contributed by atoms with E-state index >= 15 is 0 Å². The fourth-order valence-electron chi connectivity index (χ4n) is 1.85. The number of urea groups is 1. The molecule has 6 nitrogen and oxygen atoms in total. The normalized spacial score (nSPS) is 11.8. The van der Waals surface area contributed by atoms with E-state index in [0.717, 1.165) is 6.42 Å². The number of rotatable bonds is 8. The summed E-state index contributed by atoms with van der Waals surface area (Å²) >= 11 is 0. The molecule has 0 aliphatic heterocycles. The van der Waals surface area contributed by atoms with Crippen LogP contribution in [0, 0.1) is 5.82 Å². The lowest BCUT2D eigenvalue weighted by atomic mass is 10.2. The summed E-state index contributed by atoms with van der Waals surface area (Å²) in [5.41, 5.74) is 0.0488. The maximum atomic E-state index is 13.9. The van der Waals surface area contributed by atoms with Gasteiger partial charge in [0.25, 0.3) is 0 Å². The van der Waals surface area contributed by atoms with E-state index in [1.54, 1.807) is 6.07 Å². The molecule has 1 rings (SSSR count). The molecule has 0 spiro atoms. The lowest BCUT2D eigenvalue weighted by Gasteiger charge is -2.13. The minimum atomic E-state index is -0.585. The number of carbonyl (C=O) groups excluding carboxylic acids is 2. The highest BCUT2D eigenvalue weighted by Crippen LogP contribution is 2.21. The predicted molar refractivity (Wildman–Crippen MR) is 91.7 cm³/mol. The molecular formula is C17H26FN3O3. The molecular weight excluding hydrogens is 313 g/mol. The standard InChI is InChI=1S/C17H26FN3O3/c1-5-12(4)20-16(22)8-9-19-17(23)21-15-7-6-13(10-14(15)18)24-11(2)3/h6-7,10-12H,5,8-9H2,1-4H3,(H,20,22)(H2,19,21,23). The molecule has 0 fully saturated rings. The van der Waals surface area contributed by atoms with E-state index in [2.05, 4.69) is 16.0 Å². The van der Waals surface area contributed by atoms with Crippen LogP contribution >= 0.6 is 0 Å². The Morgan fingerprint density at radius 1 is 1.25 bits per heavy atom. The van der Waals surface area contributed by atoms with Gasteiger partial charge in [0.05, 0.1) is 11.8 Å². The summed E-state index contributed by atoms with van der Waals surface area (Å²) in [4.78, 5) is 23.3. The Morgan fingerprint density at radius 3 is 2.54 bits per heavy atom. The van der Waals surface area contributed by atoms with Crippen LogP contribution in [0.4, 0.5) is 14.9 Å². The summed E-state index contributed by atoms with van der Waals surface area (Å²) in [6.45, 7) is 7.74. The van der Waals surface area contributed by atoms with Crippen LogP contribution in [0.5, 0.6) is 5.75 Å². The van der Waals surface area contributed by atoms with Gasteiger partial charge in [-0.05, 0) is 39.3 Å². The van der Waals surface area contributed by atoms with E-state index in [9.17, 15) is 14.0 Å². The molecule has 3 amide bonds. The molecule has 3 N–H and O–H groups in total. The fourth-order valence-corrected chi connectivity index (χ4v) is 1.85. The van der Waals surface area contributed by atoms with Crippen molar-refractivity contribution < 1.29 is 18.7 Å². The van der Waals surface area contributed by atoms with Crippen LogP contribution in [0.3, 0.4) is 0 Å². The molecule has 134 valence electrons. The third-order valence-corrected chi connectivity index (χ3v) is 3.22. The van der Waals surface area contributed by atoms with Crippen LogP contribution in [-0.4, -0.2) is 30.6 Å². The summed E-state index contributed by atoms with van der Waals surface area (Å²) in [6.07, 6.45) is 0.949. The van der Waals surface area contributed by atoms with Gasteiger partial charge in [0, 0.05) is 25.1 Å². The first-order valence-electron chi connectivity index (χ1n) is 8.12. The van der Waals surface area contributed by atoms with Gasteiger partial charge in [-0.2, -0.15) is 0 Å². The average molecular weight is 339 g/mol. The Hall–Kier alpha value is -2.31. The molecule has 1 aromatic carbocycles. The molecule has 0 heterocycles. The van der Waals surface area contributed by atoms with Crippen molar-refractivity contribution in [2.24, 2.45) is 0 Å². The van der Waals surface area contributed by atoms with Gasteiger partial charge in [0.15, 0.2) is 0 Å². The number of amides is 3. The van der Waals surface area contributed by atoms with Crippen LogP contribution in [0.1, 0.15) is 40.5 Å². The van der Waals surface area contributed by atoms with Crippen molar-refractivity contribution in [2.75, 3.05) is 11.9 Å². The lowest BCUT2D eigenvalue weighted by molar-refractivity contribution is -0.121. The van der Waals surface area contributed by atoms with E-state index in [0.29, 0.717) is 5.75 Å². The Kier molecular flexibility index (Phi) is 8.01. The number of halogens is 1. The second-order valence-corrected chi connectivity index (χ2v) is 5.82. The summed E-state index contributed by atoms with van der Waals surface area (Å²) in [7, 11) is 0. The molecule has 0 bridgehead atoms. The Morgan fingerprint density at radius 2 is 1.96 bits per heavy atom. The lowest BCUT2D eigenvalue weighted by Crippen LogP contribution is -2.36. The van der Waals surface area contributed by atoms with Gasteiger partial charge >= 0.3 is 6.03 Å². The molecule has 0 aliphatic rings. The van der Waals surface area contributed by atoms with E-state index < -0.39 is 11.8 Å². The highest BCUT2D eigenvalue weighted by Gasteiger charge is 2.10. The zero-order chi connectivity index (χ0) is 18.1. The smallest absolute Gasteiger partial charge is 0.319 e. The number of anilines is 1. The molecule has 0 saturated carbocycles.